The van der Waals surface area contributed by atoms with Gasteiger partial charge in [0.05, 0.1) is 17.6 Å². The fourth-order valence-electron chi connectivity index (χ4n) is 3.70. The molecular formula is C17H23N3O5S. The van der Waals surface area contributed by atoms with E-state index in [1.165, 1.54) is 23.5 Å². The summed E-state index contributed by atoms with van der Waals surface area (Å²) in [7, 11) is -0.741. The average Bonchev–Trinajstić information content (AvgIpc) is 2.66. The van der Waals surface area contributed by atoms with E-state index in [1.807, 2.05) is 11.9 Å². The van der Waals surface area contributed by atoms with Crippen LogP contribution < -0.4 is 5.32 Å². The molecule has 26 heavy (non-hydrogen) atoms. The fraction of sp³-hybridized carbons (Fsp3) is 0.529. The smallest absolute Gasteiger partial charge is 0.339 e. The molecule has 1 amide bonds. The highest BCUT2D eigenvalue weighted by Gasteiger charge is 2.48. The Morgan fingerprint density at radius 2 is 1.85 bits per heavy atom. The van der Waals surface area contributed by atoms with Crippen molar-refractivity contribution in [2.45, 2.75) is 23.3 Å². The number of carbonyl (C=O) groups is 2. The molecule has 9 heteroatoms. The van der Waals surface area contributed by atoms with Gasteiger partial charge in [0.25, 0.3) is 0 Å². The molecule has 2 aliphatic heterocycles. The van der Waals surface area contributed by atoms with Gasteiger partial charge in [-0.1, -0.05) is 12.1 Å². The minimum absolute atomic E-state index is 0.0165. The Kier molecular flexibility index (Phi) is 5.05. The number of esters is 1. The third-order valence-corrected chi connectivity index (χ3v) is 7.30. The number of ether oxygens (including phenoxy) is 1. The topological polar surface area (TPSA) is 96.0 Å². The molecule has 0 atom stereocenters. The molecule has 0 aromatic heterocycles. The molecule has 2 heterocycles. The lowest BCUT2D eigenvalue weighted by atomic mass is 9.84. The Labute approximate surface area is 153 Å². The van der Waals surface area contributed by atoms with Gasteiger partial charge in [-0.3, -0.25) is 9.69 Å². The van der Waals surface area contributed by atoms with E-state index in [-0.39, 0.29) is 29.5 Å². The molecule has 1 aromatic rings. The number of nitrogens with zero attached hydrogens (tertiary/aromatic N) is 2. The normalized spacial score (nSPS) is 21.4. The van der Waals surface area contributed by atoms with Crippen molar-refractivity contribution in [3.8, 4) is 0 Å². The third-order valence-electron chi connectivity index (χ3n) is 5.35. The lowest BCUT2D eigenvalue weighted by Crippen LogP contribution is -2.67. The summed E-state index contributed by atoms with van der Waals surface area (Å²) in [4.78, 5) is 26.3. The predicted octanol–water partition coefficient (Wildman–Crippen LogP) is 0.0581. The number of amides is 1. The van der Waals surface area contributed by atoms with Crippen LogP contribution in [0, 0.1) is 0 Å². The van der Waals surface area contributed by atoms with Crippen molar-refractivity contribution in [1.82, 2.24) is 14.5 Å². The summed E-state index contributed by atoms with van der Waals surface area (Å²) in [6, 6.07) is 6.02. The molecule has 8 nitrogen and oxygen atoms in total. The zero-order chi connectivity index (χ0) is 18.9. The summed E-state index contributed by atoms with van der Waals surface area (Å²) < 4.78 is 32.2. The third kappa shape index (κ3) is 3.00. The van der Waals surface area contributed by atoms with Gasteiger partial charge in [-0.2, -0.15) is 4.31 Å². The van der Waals surface area contributed by atoms with Crippen LogP contribution in [-0.4, -0.2) is 75.4 Å². The highest BCUT2D eigenvalue weighted by Crippen LogP contribution is 2.33. The molecule has 0 saturated carbocycles. The van der Waals surface area contributed by atoms with Crippen LogP contribution in [0.5, 0.6) is 0 Å². The van der Waals surface area contributed by atoms with Crippen molar-refractivity contribution < 1.29 is 22.7 Å². The number of nitrogens with one attached hydrogen (secondary N) is 1. The van der Waals surface area contributed by atoms with Crippen molar-refractivity contribution in [2.75, 3.05) is 40.3 Å². The zero-order valence-corrected chi connectivity index (χ0v) is 15.7. The fourth-order valence-corrected chi connectivity index (χ4v) is 5.32. The number of sulfonamides is 1. The monoisotopic (exact) mass is 381 g/mol. The van der Waals surface area contributed by atoms with Gasteiger partial charge in [-0.05, 0) is 32.0 Å². The highest BCUT2D eigenvalue weighted by molar-refractivity contribution is 7.89. The van der Waals surface area contributed by atoms with Crippen LogP contribution >= 0.6 is 0 Å². The maximum atomic E-state index is 13.1. The summed E-state index contributed by atoms with van der Waals surface area (Å²) in [6.07, 6.45) is 0.823. The molecule has 1 N–H and O–H groups in total. The van der Waals surface area contributed by atoms with Gasteiger partial charge in [0.2, 0.25) is 15.9 Å². The minimum Gasteiger partial charge on any atom is -0.465 e. The second kappa shape index (κ2) is 6.98. The highest BCUT2D eigenvalue weighted by atomic mass is 32.2. The molecule has 0 aliphatic carbocycles. The van der Waals surface area contributed by atoms with E-state index in [9.17, 15) is 18.0 Å². The van der Waals surface area contributed by atoms with E-state index >= 15 is 0 Å². The summed E-state index contributed by atoms with van der Waals surface area (Å²) >= 11 is 0. The standard InChI is InChI=1S/C17H23N3O5S/c1-19-12-9-18-16(22)17(19)7-10-20(11-8-17)26(23,24)14-6-4-3-5-13(14)15(21)25-2/h3-6H,7-12H2,1-2H3,(H,18,22). The predicted molar refractivity (Wildman–Crippen MR) is 94.1 cm³/mol. The van der Waals surface area contributed by atoms with Gasteiger partial charge >= 0.3 is 5.97 Å². The van der Waals surface area contributed by atoms with Crippen molar-refractivity contribution in [3.63, 3.8) is 0 Å². The Morgan fingerprint density at radius 3 is 2.46 bits per heavy atom. The number of hydrogen-bond acceptors (Lipinski definition) is 6. The minimum atomic E-state index is -3.86. The molecule has 2 aliphatic rings. The van der Waals surface area contributed by atoms with Crippen molar-refractivity contribution in [2.24, 2.45) is 0 Å². The second-order valence-corrected chi connectivity index (χ2v) is 8.51. The lowest BCUT2D eigenvalue weighted by molar-refractivity contribution is -0.139. The van der Waals surface area contributed by atoms with Crippen LogP contribution in [0.2, 0.25) is 0 Å². The SMILES string of the molecule is COC(=O)c1ccccc1S(=O)(=O)N1CCC2(CC1)C(=O)NCCN2C. The molecule has 0 radical (unpaired) electrons. The molecule has 1 spiro atoms. The number of benzene rings is 1. The van der Waals surface area contributed by atoms with Crippen molar-refractivity contribution in [3.05, 3.63) is 29.8 Å². The molecular weight excluding hydrogens is 358 g/mol. The quantitative estimate of drug-likeness (QED) is 0.744. The van der Waals surface area contributed by atoms with Crippen LogP contribution in [0.1, 0.15) is 23.2 Å². The molecule has 2 saturated heterocycles. The second-order valence-electron chi connectivity index (χ2n) is 6.60. The summed E-state index contributed by atoms with van der Waals surface area (Å²) in [6.45, 7) is 1.78. The van der Waals surface area contributed by atoms with Crippen LogP contribution in [0.4, 0.5) is 0 Å². The van der Waals surface area contributed by atoms with E-state index in [1.54, 1.807) is 12.1 Å². The van der Waals surface area contributed by atoms with E-state index in [0.717, 1.165) is 6.54 Å². The van der Waals surface area contributed by atoms with Gasteiger partial charge in [0.15, 0.2) is 0 Å². The van der Waals surface area contributed by atoms with Crippen LogP contribution in [-0.2, 0) is 19.6 Å². The number of hydrogen-bond donors (Lipinski definition) is 1. The largest absolute Gasteiger partial charge is 0.465 e. The molecule has 3 rings (SSSR count). The molecule has 1 aromatic carbocycles. The van der Waals surface area contributed by atoms with Crippen molar-refractivity contribution >= 4 is 21.9 Å². The summed E-state index contributed by atoms with van der Waals surface area (Å²) in [5.74, 6) is -0.734. The van der Waals surface area contributed by atoms with E-state index < -0.39 is 21.5 Å². The molecule has 2 fully saturated rings. The Balaban J connectivity index is 1.85. The van der Waals surface area contributed by atoms with Gasteiger partial charge in [-0.15, -0.1) is 0 Å². The van der Waals surface area contributed by atoms with Gasteiger partial charge in [0, 0.05) is 26.2 Å². The molecule has 0 unspecified atom stereocenters. The van der Waals surface area contributed by atoms with E-state index in [4.69, 9.17) is 4.74 Å². The van der Waals surface area contributed by atoms with Gasteiger partial charge in [-0.25, -0.2) is 13.2 Å². The van der Waals surface area contributed by atoms with E-state index in [0.29, 0.717) is 19.4 Å². The number of methoxy groups -OCH3 is 1. The average molecular weight is 381 g/mol. The summed E-state index contributed by atoms with van der Waals surface area (Å²) in [5, 5.41) is 2.88. The van der Waals surface area contributed by atoms with Gasteiger partial charge in [0.1, 0.15) is 5.54 Å². The van der Waals surface area contributed by atoms with Crippen LogP contribution in [0.3, 0.4) is 0 Å². The molecule has 142 valence electrons. The Bertz CT molecular complexity index is 815. The number of rotatable bonds is 3. The maximum absolute atomic E-state index is 13.1. The Morgan fingerprint density at radius 1 is 1.19 bits per heavy atom. The number of piperidine rings is 1. The summed E-state index contributed by atoms with van der Waals surface area (Å²) in [5.41, 5.74) is -0.644. The first kappa shape index (κ1) is 18.8. The van der Waals surface area contributed by atoms with E-state index in [2.05, 4.69) is 5.32 Å². The number of likely N-dealkylation sites (N-methyl/N-ethyl adjacent to an activating group) is 1. The first-order valence-corrected chi connectivity index (χ1v) is 9.94. The van der Waals surface area contributed by atoms with Gasteiger partial charge < -0.3 is 10.1 Å². The Hall–Kier alpha value is -1.97. The van der Waals surface area contributed by atoms with Crippen LogP contribution in [0.15, 0.2) is 29.2 Å². The number of piperazine rings is 1. The lowest BCUT2D eigenvalue weighted by Gasteiger charge is -2.48. The first-order chi connectivity index (χ1) is 12.3. The maximum Gasteiger partial charge on any atom is 0.339 e. The zero-order valence-electron chi connectivity index (χ0n) is 14.9. The number of carbonyl (C=O) groups excluding carboxylic acids is 2. The molecule has 0 bridgehead atoms. The van der Waals surface area contributed by atoms with Crippen LogP contribution in [0.25, 0.3) is 0 Å². The van der Waals surface area contributed by atoms with Crippen molar-refractivity contribution in [1.29, 1.82) is 0 Å². The first-order valence-electron chi connectivity index (χ1n) is 8.50.